The molecule has 6 heteroatoms. The lowest BCUT2D eigenvalue weighted by Gasteiger charge is -1.99. The fourth-order valence-electron chi connectivity index (χ4n) is 1.21. The first kappa shape index (κ1) is 12.4. The SMILES string of the molecule is CNC(=O)/C(C#N)=C/c1ccccc1[N+](=O)[O-]. The van der Waals surface area contributed by atoms with Gasteiger partial charge in [-0.3, -0.25) is 14.9 Å². The zero-order valence-corrected chi connectivity index (χ0v) is 9.01. The Bertz CT molecular complexity index is 529. The van der Waals surface area contributed by atoms with E-state index < -0.39 is 10.8 Å². The quantitative estimate of drug-likeness (QED) is 0.366. The van der Waals surface area contributed by atoms with E-state index in [1.54, 1.807) is 12.1 Å². The first-order valence-corrected chi connectivity index (χ1v) is 4.67. The summed E-state index contributed by atoms with van der Waals surface area (Å²) < 4.78 is 0. The van der Waals surface area contributed by atoms with Crippen LogP contribution in [0.5, 0.6) is 0 Å². The van der Waals surface area contributed by atoms with Gasteiger partial charge in [0, 0.05) is 13.1 Å². The number of nitro groups is 1. The van der Waals surface area contributed by atoms with Gasteiger partial charge in [-0.1, -0.05) is 12.1 Å². The molecule has 0 aliphatic heterocycles. The van der Waals surface area contributed by atoms with Crippen LogP contribution in [0.25, 0.3) is 6.08 Å². The molecule has 6 nitrogen and oxygen atoms in total. The summed E-state index contributed by atoms with van der Waals surface area (Å²) >= 11 is 0. The molecule has 0 radical (unpaired) electrons. The van der Waals surface area contributed by atoms with Gasteiger partial charge in [-0.05, 0) is 12.1 Å². The number of nitrogens with one attached hydrogen (secondary N) is 1. The minimum absolute atomic E-state index is 0.149. The third kappa shape index (κ3) is 2.89. The molecule has 0 saturated carbocycles. The molecule has 0 bridgehead atoms. The summed E-state index contributed by atoms with van der Waals surface area (Å²) in [5.74, 6) is -0.578. The van der Waals surface area contributed by atoms with Gasteiger partial charge in [0.15, 0.2) is 0 Å². The Kier molecular flexibility index (Phi) is 3.95. The maximum atomic E-state index is 11.3. The number of hydrogen-bond donors (Lipinski definition) is 1. The highest BCUT2D eigenvalue weighted by Gasteiger charge is 2.13. The average molecular weight is 231 g/mol. The van der Waals surface area contributed by atoms with Crippen molar-refractivity contribution in [2.45, 2.75) is 0 Å². The van der Waals surface area contributed by atoms with Crippen LogP contribution in [0.2, 0.25) is 0 Å². The minimum Gasteiger partial charge on any atom is -0.354 e. The molecule has 1 aromatic carbocycles. The molecule has 1 aromatic rings. The van der Waals surface area contributed by atoms with Crippen molar-refractivity contribution < 1.29 is 9.72 Å². The van der Waals surface area contributed by atoms with Crippen molar-refractivity contribution in [3.05, 3.63) is 45.5 Å². The molecule has 0 aliphatic carbocycles. The number of carbonyl (C=O) groups excluding carboxylic acids is 1. The zero-order chi connectivity index (χ0) is 12.8. The summed E-state index contributed by atoms with van der Waals surface area (Å²) in [4.78, 5) is 21.4. The van der Waals surface area contributed by atoms with Crippen LogP contribution in [0, 0.1) is 21.4 Å². The molecule has 0 saturated heterocycles. The lowest BCUT2D eigenvalue weighted by atomic mass is 10.1. The van der Waals surface area contributed by atoms with Crippen molar-refractivity contribution in [1.82, 2.24) is 5.32 Å². The number of benzene rings is 1. The molecule has 0 aromatic heterocycles. The summed E-state index contributed by atoms with van der Waals surface area (Å²) in [5.41, 5.74) is -0.108. The predicted molar refractivity (Wildman–Crippen MR) is 60.8 cm³/mol. The maximum absolute atomic E-state index is 11.3. The van der Waals surface area contributed by atoms with Crippen LogP contribution < -0.4 is 5.32 Å². The molecule has 86 valence electrons. The largest absolute Gasteiger partial charge is 0.354 e. The Labute approximate surface area is 97.3 Å². The van der Waals surface area contributed by atoms with Crippen LogP contribution in [-0.4, -0.2) is 17.9 Å². The molecule has 0 fully saturated rings. The Morgan fingerprint density at radius 2 is 2.18 bits per heavy atom. The van der Waals surface area contributed by atoms with Crippen LogP contribution in [0.15, 0.2) is 29.8 Å². The van der Waals surface area contributed by atoms with Crippen molar-refractivity contribution in [1.29, 1.82) is 5.26 Å². The standard InChI is InChI=1S/C11H9N3O3/c1-13-11(15)9(7-12)6-8-4-2-3-5-10(8)14(16)17/h2-6H,1H3,(H,13,15)/b9-6+. The highest BCUT2D eigenvalue weighted by molar-refractivity contribution is 6.01. The second-order valence-corrected chi connectivity index (χ2v) is 3.06. The number of rotatable bonds is 3. The van der Waals surface area contributed by atoms with Gasteiger partial charge in [0.1, 0.15) is 11.6 Å². The molecule has 1 amide bonds. The highest BCUT2D eigenvalue weighted by Crippen LogP contribution is 2.20. The normalized spacial score (nSPS) is 10.5. The van der Waals surface area contributed by atoms with E-state index in [0.717, 1.165) is 0 Å². The predicted octanol–water partition coefficient (Wildman–Crippen LogP) is 1.25. The Morgan fingerprint density at radius 3 is 2.71 bits per heavy atom. The molecule has 1 rings (SSSR count). The fourth-order valence-corrected chi connectivity index (χ4v) is 1.21. The lowest BCUT2D eigenvalue weighted by molar-refractivity contribution is -0.385. The third-order valence-electron chi connectivity index (χ3n) is 2.03. The molecule has 0 heterocycles. The molecule has 0 unspecified atom stereocenters. The number of hydrogen-bond acceptors (Lipinski definition) is 4. The van der Waals surface area contributed by atoms with E-state index >= 15 is 0 Å². The van der Waals surface area contributed by atoms with E-state index in [1.165, 1.54) is 31.3 Å². The third-order valence-corrected chi connectivity index (χ3v) is 2.03. The average Bonchev–Trinajstić information content (AvgIpc) is 2.35. The maximum Gasteiger partial charge on any atom is 0.276 e. The molecular weight excluding hydrogens is 222 g/mol. The molecule has 17 heavy (non-hydrogen) atoms. The molecule has 0 atom stereocenters. The Balaban J connectivity index is 3.26. The van der Waals surface area contributed by atoms with Crippen molar-refractivity contribution in [3.63, 3.8) is 0 Å². The second-order valence-electron chi connectivity index (χ2n) is 3.06. The van der Waals surface area contributed by atoms with E-state index in [4.69, 9.17) is 5.26 Å². The topological polar surface area (TPSA) is 96.0 Å². The first-order valence-electron chi connectivity index (χ1n) is 4.67. The van der Waals surface area contributed by atoms with E-state index in [2.05, 4.69) is 5.32 Å². The number of nitro benzene ring substituents is 1. The number of carbonyl (C=O) groups is 1. The van der Waals surface area contributed by atoms with Crippen LogP contribution in [-0.2, 0) is 4.79 Å². The lowest BCUT2D eigenvalue weighted by Crippen LogP contribution is -2.19. The molecule has 0 aliphatic rings. The highest BCUT2D eigenvalue weighted by atomic mass is 16.6. The van der Waals surface area contributed by atoms with Crippen LogP contribution in [0.4, 0.5) is 5.69 Å². The van der Waals surface area contributed by atoms with E-state index in [0.29, 0.717) is 0 Å². The molecule has 1 N–H and O–H groups in total. The zero-order valence-electron chi connectivity index (χ0n) is 9.01. The number of amides is 1. The van der Waals surface area contributed by atoms with Crippen LogP contribution in [0.3, 0.4) is 0 Å². The van der Waals surface area contributed by atoms with Crippen molar-refractivity contribution in [2.24, 2.45) is 0 Å². The fraction of sp³-hybridized carbons (Fsp3) is 0.0909. The van der Waals surface area contributed by atoms with E-state index in [-0.39, 0.29) is 16.8 Å². The number of para-hydroxylation sites is 1. The van der Waals surface area contributed by atoms with Gasteiger partial charge in [0.25, 0.3) is 11.6 Å². The summed E-state index contributed by atoms with van der Waals surface area (Å²) in [6.45, 7) is 0. The van der Waals surface area contributed by atoms with E-state index in [1.807, 2.05) is 0 Å². The van der Waals surface area contributed by atoms with Gasteiger partial charge in [0.05, 0.1) is 10.5 Å². The van der Waals surface area contributed by atoms with Crippen molar-refractivity contribution >= 4 is 17.7 Å². The number of likely N-dealkylation sites (N-methyl/N-ethyl adjacent to an activating group) is 1. The van der Waals surface area contributed by atoms with Gasteiger partial charge in [-0.2, -0.15) is 5.26 Å². The first-order chi connectivity index (χ1) is 8.10. The van der Waals surface area contributed by atoms with E-state index in [9.17, 15) is 14.9 Å². The van der Waals surface area contributed by atoms with Crippen LogP contribution in [0.1, 0.15) is 5.56 Å². The summed E-state index contributed by atoms with van der Waals surface area (Å²) in [6, 6.07) is 7.58. The summed E-state index contributed by atoms with van der Waals surface area (Å²) in [5, 5.41) is 21.8. The van der Waals surface area contributed by atoms with Gasteiger partial charge in [-0.15, -0.1) is 0 Å². The minimum atomic E-state index is -0.578. The number of nitriles is 1. The Morgan fingerprint density at radius 1 is 1.53 bits per heavy atom. The van der Waals surface area contributed by atoms with Gasteiger partial charge >= 0.3 is 0 Å². The smallest absolute Gasteiger partial charge is 0.276 e. The van der Waals surface area contributed by atoms with Gasteiger partial charge in [0.2, 0.25) is 0 Å². The monoisotopic (exact) mass is 231 g/mol. The van der Waals surface area contributed by atoms with Crippen LogP contribution >= 0.6 is 0 Å². The summed E-state index contributed by atoms with van der Waals surface area (Å²) in [7, 11) is 1.38. The molecule has 0 spiro atoms. The van der Waals surface area contributed by atoms with Crippen molar-refractivity contribution in [3.8, 4) is 6.07 Å². The van der Waals surface area contributed by atoms with Crippen molar-refractivity contribution in [2.75, 3.05) is 7.05 Å². The summed E-state index contributed by atoms with van der Waals surface area (Å²) in [6.07, 6.45) is 1.19. The molecular formula is C11H9N3O3. The second kappa shape index (κ2) is 5.42. The number of nitrogens with zero attached hydrogens (tertiary/aromatic N) is 2. The van der Waals surface area contributed by atoms with Gasteiger partial charge in [-0.25, -0.2) is 0 Å². The Hall–Kier alpha value is -2.68. The van der Waals surface area contributed by atoms with Gasteiger partial charge < -0.3 is 5.32 Å².